The number of hydrogen-bond acceptors (Lipinski definition) is 1. The summed E-state index contributed by atoms with van der Waals surface area (Å²) in [6, 6.07) is 0. The summed E-state index contributed by atoms with van der Waals surface area (Å²) in [4.78, 5) is 0. The van der Waals surface area contributed by atoms with E-state index in [1.54, 1.807) is 6.26 Å². The zero-order valence-electron chi connectivity index (χ0n) is 6.48. The van der Waals surface area contributed by atoms with Crippen molar-refractivity contribution in [3.05, 3.63) is 12.3 Å². The predicted molar refractivity (Wildman–Crippen MR) is 48.4 cm³/mol. The Bertz CT molecular complexity index is 81.3. The maximum atomic E-state index is 5.17. The Morgan fingerprint density at radius 1 is 1.40 bits per heavy atom. The summed E-state index contributed by atoms with van der Waals surface area (Å²) in [5, 5.41) is 0.876. The fourth-order valence-corrected chi connectivity index (χ4v) is 0.760. The first-order chi connectivity index (χ1) is 4.91. The molecule has 0 aromatic rings. The highest BCUT2D eigenvalue weighted by molar-refractivity contribution is 9.09. The van der Waals surface area contributed by atoms with Crippen molar-refractivity contribution in [2.75, 3.05) is 11.9 Å². The van der Waals surface area contributed by atoms with Crippen LogP contribution in [0.3, 0.4) is 0 Å². The molecule has 0 saturated carbocycles. The highest BCUT2D eigenvalue weighted by Crippen LogP contribution is 1.94. The van der Waals surface area contributed by atoms with Crippen molar-refractivity contribution in [3.8, 4) is 0 Å². The van der Waals surface area contributed by atoms with Gasteiger partial charge in [-0.05, 0) is 12.5 Å². The van der Waals surface area contributed by atoms with Crippen LogP contribution >= 0.6 is 15.9 Å². The molecule has 60 valence electrons. The summed E-state index contributed by atoms with van der Waals surface area (Å²) in [6.45, 7) is 3.05. The van der Waals surface area contributed by atoms with Gasteiger partial charge in [0.25, 0.3) is 0 Å². The third-order valence-corrected chi connectivity index (χ3v) is 1.52. The molecule has 0 heterocycles. The molecule has 0 unspecified atom stereocenters. The van der Waals surface area contributed by atoms with Gasteiger partial charge >= 0.3 is 0 Å². The van der Waals surface area contributed by atoms with Crippen LogP contribution in [0.1, 0.15) is 26.2 Å². The van der Waals surface area contributed by atoms with Crippen molar-refractivity contribution in [3.63, 3.8) is 0 Å². The molecule has 0 saturated heterocycles. The zero-order valence-corrected chi connectivity index (χ0v) is 8.06. The molecule has 0 radical (unpaired) electrons. The van der Waals surface area contributed by atoms with Gasteiger partial charge in [-0.25, -0.2) is 0 Å². The van der Waals surface area contributed by atoms with Crippen LogP contribution in [-0.2, 0) is 4.74 Å². The van der Waals surface area contributed by atoms with E-state index in [1.165, 1.54) is 19.3 Å². The molecule has 0 N–H and O–H groups in total. The van der Waals surface area contributed by atoms with E-state index in [9.17, 15) is 0 Å². The van der Waals surface area contributed by atoms with Gasteiger partial charge in [-0.2, -0.15) is 0 Å². The van der Waals surface area contributed by atoms with Gasteiger partial charge in [0.2, 0.25) is 0 Å². The third kappa shape index (κ3) is 8.02. The second-order valence-electron chi connectivity index (χ2n) is 2.10. The number of allylic oxidation sites excluding steroid dienone is 1. The molecular weight excluding hydrogens is 192 g/mol. The van der Waals surface area contributed by atoms with Crippen LogP contribution in [0.2, 0.25) is 0 Å². The van der Waals surface area contributed by atoms with E-state index >= 15 is 0 Å². The van der Waals surface area contributed by atoms with Gasteiger partial charge in [-0.15, -0.1) is 0 Å². The number of hydrogen-bond donors (Lipinski definition) is 0. The molecule has 0 amide bonds. The third-order valence-electron chi connectivity index (χ3n) is 1.15. The van der Waals surface area contributed by atoms with Crippen LogP contribution < -0.4 is 0 Å². The molecule has 0 aliphatic rings. The number of ether oxygens (including phenoxy) is 1. The maximum Gasteiger partial charge on any atom is 0.0873 e. The molecule has 0 spiro atoms. The van der Waals surface area contributed by atoms with Crippen LogP contribution in [0, 0.1) is 0 Å². The molecule has 0 rings (SSSR count). The molecule has 10 heavy (non-hydrogen) atoms. The molecule has 0 aliphatic carbocycles. The van der Waals surface area contributed by atoms with Gasteiger partial charge in [0, 0.05) is 5.33 Å². The average Bonchev–Trinajstić information content (AvgIpc) is 1.97. The van der Waals surface area contributed by atoms with E-state index in [0.29, 0.717) is 0 Å². The fraction of sp³-hybridized carbons (Fsp3) is 0.750. The van der Waals surface area contributed by atoms with Gasteiger partial charge in [0.05, 0.1) is 12.9 Å². The number of halogens is 1. The highest BCUT2D eigenvalue weighted by Gasteiger charge is 1.82. The molecule has 2 heteroatoms. The van der Waals surface area contributed by atoms with E-state index in [0.717, 1.165) is 11.9 Å². The minimum absolute atomic E-state index is 0.858. The summed E-state index contributed by atoms with van der Waals surface area (Å²) in [6.07, 6.45) is 7.40. The van der Waals surface area contributed by atoms with Crippen molar-refractivity contribution < 1.29 is 4.74 Å². The minimum atomic E-state index is 0.858. The molecule has 0 bridgehead atoms. The Balaban J connectivity index is 2.83. The van der Waals surface area contributed by atoms with Crippen molar-refractivity contribution in [2.24, 2.45) is 0 Å². The first-order valence-corrected chi connectivity index (χ1v) is 4.86. The predicted octanol–water partition coefficient (Wildman–Crippen LogP) is 3.10. The second kappa shape index (κ2) is 9.02. The molecule has 0 fully saturated rings. The number of unbranched alkanes of at least 4 members (excludes halogenated alkanes) is 2. The lowest BCUT2D eigenvalue weighted by Gasteiger charge is -1.97. The molecule has 0 aromatic carbocycles. The fourth-order valence-electron chi connectivity index (χ4n) is 0.608. The van der Waals surface area contributed by atoms with Crippen LogP contribution in [0.5, 0.6) is 0 Å². The van der Waals surface area contributed by atoms with Crippen molar-refractivity contribution in [1.82, 2.24) is 0 Å². The molecular formula is C8H15BrO. The van der Waals surface area contributed by atoms with Crippen LogP contribution in [-0.4, -0.2) is 11.9 Å². The van der Waals surface area contributed by atoms with Crippen LogP contribution in [0.4, 0.5) is 0 Å². The lowest BCUT2D eigenvalue weighted by Crippen LogP contribution is -1.86. The molecule has 0 aliphatic heterocycles. The highest BCUT2D eigenvalue weighted by atomic mass is 79.9. The van der Waals surface area contributed by atoms with Crippen molar-refractivity contribution >= 4 is 15.9 Å². The normalized spacial score (nSPS) is 10.6. The van der Waals surface area contributed by atoms with E-state index < -0.39 is 0 Å². The van der Waals surface area contributed by atoms with Crippen molar-refractivity contribution in [1.29, 1.82) is 0 Å². The Labute approximate surface area is 71.6 Å². The maximum absolute atomic E-state index is 5.17. The zero-order chi connectivity index (χ0) is 7.66. The van der Waals surface area contributed by atoms with E-state index in [1.807, 2.05) is 6.08 Å². The first kappa shape index (κ1) is 10.0. The Kier molecular flexibility index (Phi) is 9.04. The monoisotopic (exact) mass is 206 g/mol. The second-order valence-corrected chi connectivity index (χ2v) is 2.75. The Morgan fingerprint density at radius 3 is 2.80 bits per heavy atom. The summed E-state index contributed by atoms with van der Waals surface area (Å²) in [5.74, 6) is 0. The minimum Gasteiger partial charge on any atom is -0.502 e. The van der Waals surface area contributed by atoms with Crippen molar-refractivity contribution in [2.45, 2.75) is 26.2 Å². The Morgan fingerprint density at radius 2 is 2.20 bits per heavy atom. The average molecular weight is 207 g/mol. The largest absolute Gasteiger partial charge is 0.502 e. The lowest BCUT2D eigenvalue weighted by atomic mass is 10.3. The van der Waals surface area contributed by atoms with E-state index in [-0.39, 0.29) is 0 Å². The standard InChI is InChI=1S/C8H15BrO/c1-2-3-4-7-10-8-5-6-9/h5,8H,2-4,6-7H2,1H3. The van der Waals surface area contributed by atoms with Gasteiger partial charge in [0.1, 0.15) is 0 Å². The van der Waals surface area contributed by atoms with Crippen LogP contribution in [0.25, 0.3) is 0 Å². The topological polar surface area (TPSA) is 9.23 Å². The van der Waals surface area contributed by atoms with Gasteiger partial charge in [0.15, 0.2) is 0 Å². The number of rotatable bonds is 6. The summed E-state index contributed by atoms with van der Waals surface area (Å²) < 4.78 is 5.17. The molecule has 0 atom stereocenters. The lowest BCUT2D eigenvalue weighted by molar-refractivity contribution is 0.241. The molecule has 0 aromatic heterocycles. The van der Waals surface area contributed by atoms with Gasteiger partial charge in [-0.3, -0.25) is 0 Å². The summed E-state index contributed by atoms with van der Waals surface area (Å²) in [7, 11) is 0. The summed E-state index contributed by atoms with van der Waals surface area (Å²) >= 11 is 3.27. The smallest absolute Gasteiger partial charge is 0.0873 e. The first-order valence-electron chi connectivity index (χ1n) is 3.74. The van der Waals surface area contributed by atoms with E-state index in [2.05, 4.69) is 22.9 Å². The molecule has 1 nitrogen and oxygen atoms in total. The quantitative estimate of drug-likeness (QED) is 0.369. The Hall–Kier alpha value is 0.0200. The number of alkyl halides is 1. The van der Waals surface area contributed by atoms with E-state index in [4.69, 9.17) is 4.74 Å². The SMILES string of the molecule is CCCCCOC=CCBr. The summed E-state index contributed by atoms with van der Waals surface area (Å²) in [5.41, 5.74) is 0. The van der Waals surface area contributed by atoms with Crippen LogP contribution in [0.15, 0.2) is 12.3 Å². The van der Waals surface area contributed by atoms with Gasteiger partial charge in [-0.1, -0.05) is 35.7 Å². The van der Waals surface area contributed by atoms with Gasteiger partial charge < -0.3 is 4.74 Å².